The van der Waals surface area contributed by atoms with Gasteiger partial charge in [0.2, 0.25) is 0 Å². The van der Waals surface area contributed by atoms with E-state index in [-0.39, 0.29) is 5.78 Å². The summed E-state index contributed by atoms with van der Waals surface area (Å²) in [5, 5.41) is 0. The zero-order valence-corrected chi connectivity index (χ0v) is 7.29. The van der Waals surface area contributed by atoms with Gasteiger partial charge in [-0.05, 0) is 6.92 Å². The lowest BCUT2D eigenvalue weighted by Crippen LogP contribution is -2.21. The van der Waals surface area contributed by atoms with Gasteiger partial charge in [-0.15, -0.1) is 6.58 Å². The van der Waals surface area contributed by atoms with Gasteiger partial charge in [0.25, 0.3) is 0 Å². The van der Waals surface area contributed by atoms with Crippen molar-refractivity contribution in [3.63, 3.8) is 0 Å². The van der Waals surface area contributed by atoms with Crippen LogP contribution >= 0.6 is 0 Å². The Balaban J connectivity index is 2.68. The number of rotatable bonds is 3. The molecule has 0 atom stereocenters. The predicted molar refractivity (Wildman–Crippen MR) is 49.7 cm³/mol. The molecule has 0 unspecified atom stereocenters. The third-order valence-corrected chi connectivity index (χ3v) is 1.73. The SMILES string of the molecule is C=CCN1C=C(C(C)=O)C=CC1. The summed E-state index contributed by atoms with van der Waals surface area (Å²) in [6.45, 7) is 6.88. The molecule has 1 aliphatic heterocycles. The lowest BCUT2D eigenvalue weighted by Gasteiger charge is -2.20. The van der Waals surface area contributed by atoms with Crippen molar-refractivity contribution in [1.82, 2.24) is 4.90 Å². The van der Waals surface area contributed by atoms with Gasteiger partial charge in [-0.1, -0.05) is 18.2 Å². The molecule has 0 bridgehead atoms. The van der Waals surface area contributed by atoms with E-state index < -0.39 is 0 Å². The molecule has 2 heteroatoms. The Morgan fingerprint density at radius 2 is 2.58 bits per heavy atom. The van der Waals surface area contributed by atoms with Crippen LogP contribution in [0.1, 0.15) is 6.92 Å². The molecule has 0 saturated heterocycles. The fraction of sp³-hybridized carbons (Fsp3) is 0.300. The van der Waals surface area contributed by atoms with E-state index in [9.17, 15) is 4.79 Å². The van der Waals surface area contributed by atoms with Crippen LogP contribution in [-0.2, 0) is 4.79 Å². The quantitative estimate of drug-likeness (QED) is 0.588. The Kier molecular flexibility index (Phi) is 2.86. The number of hydrogen-bond acceptors (Lipinski definition) is 2. The molecule has 0 fully saturated rings. The highest BCUT2D eigenvalue weighted by Crippen LogP contribution is 2.07. The van der Waals surface area contributed by atoms with Gasteiger partial charge < -0.3 is 4.90 Å². The van der Waals surface area contributed by atoms with E-state index in [4.69, 9.17) is 0 Å². The first-order valence-corrected chi connectivity index (χ1v) is 3.98. The van der Waals surface area contributed by atoms with Crippen molar-refractivity contribution in [3.05, 3.63) is 36.6 Å². The number of ketones is 1. The smallest absolute Gasteiger partial charge is 0.161 e. The van der Waals surface area contributed by atoms with Crippen molar-refractivity contribution < 1.29 is 4.79 Å². The van der Waals surface area contributed by atoms with Crippen LogP contribution in [0.5, 0.6) is 0 Å². The number of carbonyl (C=O) groups excluding carboxylic acids is 1. The van der Waals surface area contributed by atoms with Crippen molar-refractivity contribution in [2.45, 2.75) is 6.92 Å². The van der Waals surface area contributed by atoms with Crippen LogP contribution in [0, 0.1) is 0 Å². The van der Waals surface area contributed by atoms with Gasteiger partial charge in [0.05, 0.1) is 0 Å². The Hall–Kier alpha value is -1.31. The first-order chi connectivity index (χ1) is 5.74. The van der Waals surface area contributed by atoms with Gasteiger partial charge in [0.1, 0.15) is 0 Å². The van der Waals surface area contributed by atoms with E-state index in [0.29, 0.717) is 0 Å². The highest BCUT2D eigenvalue weighted by molar-refractivity contribution is 5.96. The number of carbonyl (C=O) groups is 1. The van der Waals surface area contributed by atoms with Crippen molar-refractivity contribution in [2.75, 3.05) is 13.1 Å². The lowest BCUT2D eigenvalue weighted by atomic mass is 10.1. The lowest BCUT2D eigenvalue weighted by molar-refractivity contribution is -0.113. The van der Waals surface area contributed by atoms with Gasteiger partial charge in [0, 0.05) is 24.9 Å². The maximum absolute atomic E-state index is 11.0. The van der Waals surface area contributed by atoms with Gasteiger partial charge in [-0.2, -0.15) is 0 Å². The molecule has 0 saturated carbocycles. The summed E-state index contributed by atoms with van der Waals surface area (Å²) in [5.74, 6) is 0.111. The van der Waals surface area contributed by atoms with Crippen molar-refractivity contribution in [2.24, 2.45) is 0 Å². The molecular formula is C10H13NO. The van der Waals surface area contributed by atoms with Crippen molar-refractivity contribution in [3.8, 4) is 0 Å². The largest absolute Gasteiger partial charge is 0.369 e. The molecule has 0 aromatic heterocycles. The summed E-state index contributed by atoms with van der Waals surface area (Å²) in [6.07, 6.45) is 7.56. The van der Waals surface area contributed by atoms with Crippen LogP contribution in [0.3, 0.4) is 0 Å². The van der Waals surface area contributed by atoms with Crippen LogP contribution in [0.4, 0.5) is 0 Å². The second-order valence-electron chi connectivity index (χ2n) is 2.79. The summed E-state index contributed by atoms with van der Waals surface area (Å²) in [6, 6.07) is 0. The molecule has 0 N–H and O–H groups in total. The number of allylic oxidation sites excluding steroid dienone is 2. The molecular weight excluding hydrogens is 150 g/mol. The molecule has 0 aromatic carbocycles. The minimum absolute atomic E-state index is 0.111. The van der Waals surface area contributed by atoms with Crippen LogP contribution in [-0.4, -0.2) is 23.8 Å². The van der Waals surface area contributed by atoms with E-state index in [2.05, 4.69) is 6.58 Å². The van der Waals surface area contributed by atoms with Crippen LogP contribution < -0.4 is 0 Å². The minimum atomic E-state index is 0.111. The fourth-order valence-corrected chi connectivity index (χ4v) is 1.11. The number of hydrogen-bond donors (Lipinski definition) is 0. The molecule has 0 aromatic rings. The molecule has 12 heavy (non-hydrogen) atoms. The predicted octanol–water partition coefficient (Wildman–Crippen LogP) is 1.52. The Morgan fingerprint density at radius 1 is 1.83 bits per heavy atom. The molecule has 0 amide bonds. The van der Waals surface area contributed by atoms with Crippen LogP contribution in [0.15, 0.2) is 36.6 Å². The molecule has 1 aliphatic rings. The third-order valence-electron chi connectivity index (χ3n) is 1.73. The minimum Gasteiger partial charge on any atom is -0.369 e. The van der Waals surface area contributed by atoms with Crippen LogP contribution in [0.2, 0.25) is 0 Å². The summed E-state index contributed by atoms with van der Waals surface area (Å²) < 4.78 is 0. The highest BCUT2D eigenvalue weighted by Gasteiger charge is 2.06. The van der Waals surface area contributed by atoms with Crippen molar-refractivity contribution >= 4 is 5.78 Å². The summed E-state index contributed by atoms with van der Waals surface area (Å²) >= 11 is 0. The zero-order valence-electron chi connectivity index (χ0n) is 7.29. The molecule has 0 aliphatic carbocycles. The fourth-order valence-electron chi connectivity index (χ4n) is 1.11. The molecule has 2 nitrogen and oxygen atoms in total. The first kappa shape index (κ1) is 8.78. The number of nitrogens with zero attached hydrogens (tertiary/aromatic N) is 1. The molecule has 1 heterocycles. The van der Waals surface area contributed by atoms with E-state index in [1.165, 1.54) is 0 Å². The standard InChI is InChI=1S/C10H13NO/c1-3-6-11-7-4-5-10(8-11)9(2)12/h3-5,8H,1,6-7H2,2H3. The molecule has 1 rings (SSSR count). The average Bonchev–Trinajstić information content (AvgIpc) is 2.05. The van der Waals surface area contributed by atoms with Gasteiger partial charge in [0.15, 0.2) is 5.78 Å². The number of Topliss-reactive ketones (excluding diaryl/α,β-unsaturated/α-hetero) is 1. The Morgan fingerprint density at radius 3 is 3.17 bits per heavy atom. The van der Waals surface area contributed by atoms with Gasteiger partial charge in [-0.3, -0.25) is 4.79 Å². The van der Waals surface area contributed by atoms with Gasteiger partial charge in [-0.25, -0.2) is 0 Å². The summed E-state index contributed by atoms with van der Waals surface area (Å²) in [4.78, 5) is 13.0. The maximum atomic E-state index is 11.0. The van der Waals surface area contributed by atoms with E-state index in [0.717, 1.165) is 18.7 Å². The second-order valence-corrected chi connectivity index (χ2v) is 2.79. The second kappa shape index (κ2) is 3.90. The highest BCUT2D eigenvalue weighted by atomic mass is 16.1. The normalized spacial score (nSPS) is 15.8. The van der Waals surface area contributed by atoms with E-state index in [1.807, 2.05) is 29.3 Å². The summed E-state index contributed by atoms with van der Waals surface area (Å²) in [7, 11) is 0. The average molecular weight is 163 g/mol. The first-order valence-electron chi connectivity index (χ1n) is 3.98. The summed E-state index contributed by atoms with van der Waals surface area (Å²) in [5.41, 5.74) is 0.767. The van der Waals surface area contributed by atoms with Crippen molar-refractivity contribution in [1.29, 1.82) is 0 Å². The third kappa shape index (κ3) is 2.09. The van der Waals surface area contributed by atoms with E-state index in [1.54, 1.807) is 6.92 Å². The topological polar surface area (TPSA) is 20.3 Å². The molecule has 64 valence electrons. The zero-order chi connectivity index (χ0) is 8.97. The molecule has 0 spiro atoms. The van der Waals surface area contributed by atoms with Crippen LogP contribution in [0.25, 0.3) is 0 Å². The maximum Gasteiger partial charge on any atom is 0.161 e. The molecule has 0 radical (unpaired) electrons. The van der Waals surface area contributed by atoms with E-state index >= 15 is 0 Å². The monoisotopic (exact) mass is 163 g/mol. The Bertz CT molecular complexity index is 249. The van der Waals surface area contributed by atoms with Gasteiger partial charge >= 0.3 is 0 Å². The Labute approximate surface area is 72.9 Å².